The van der Waals surface area contributed by atoms with Crippen LogP contribution in [0.1, 0.15) is 6.42 Å². The molecule has 0 aliphatic carbocycles. The zero-order chi connectivity index (χ0) is 10.6. The Kier molecular flexibility index (Phi) is 3.73. The number of nitriles is 1. The standard InChI is InChI=1S/C7H11N5OS/c1-12-6(13)10-11-7(12)14-3-2-5(9)4-8/h5H,2-3,9H2,1H3,(H,10,13). The van der Waals surface area contributed by atoms with Crippen LogP contribution in [0.5, 0.6) is 0 Å². The fraction of sp³-hybridized carbons (Fsp3) is 0.571. The molecule has 0 saturated carbocycles. The normalized spacial score (nSPS) is 12.4. The molecule has 1 unspecified atom stereocenters. The Morgan fingerprint density at radius 1 is 1.86 bits per heavy atom. The lowest BCUT2D eigenvalue weighted by Crippen LogP contribution is -2.18. The van der Waals surface area contributed by atoms with Gasteiger partial charge in [0.25, 0.3) is 0 Å². The molecule has 0 radical (unpaired) electrons. The van der Waals surface area contributed by atoms with Crippen molar-refractivity contribution in [3.8, 4) is 6.07 Å². The third-order valence-electron chi connectivity index (χ3n) is 1.66. The van der Waals surface area contributed by atoms with Gasteiger partial charge in [-0.3, -0.25) is 4.57 Å². The molecule has 1 rings (SSSR count). The van der Waals surface area contributed by atoms with Crippen LogP contribution in [0.2, 0.25) is 0 Å². The summed E-state index contributed by atoms with van der Waals surface area (Å²) in [4.78, 5) is 10.9. The summed E-state index contributed by atoms with van der Waals surface area (Å²) in [5.74, 6) is 0.673. The molecule has 0 aliphatic heterocycles. The largest absolute Gasteiger partial charge is 0.343 e. The molecule has 0 fully saturated rings. The van der Waals surface area contributed by atoms with E-state index in [2.05, 4.69) is 10.2 Å². The van der Waals surface area contributed by atoms with Crippen LogP contribution in [0.3, 0.4) is 0 Å². The molecule has 1 heterocycles. The van der Waals surface area contributed by atoms with Gasteiger partial charge in [0.2, 0.25) is 0 Å². The van der Waals surface area contributed by atoms with Gasteiger partial charge >= 0.3 is 5.69 Å². The van der Waals surface area contributed by atoms with E-state index in [1.54, 1.807) is 7.05 Å². The van der Waals surface area contributed by atoms with Crippen molar-refractivity contribution in [3.05, 3.63) is 10.5 Å². The second kappa shape index (κ2) is 4.83. The van der Waals surface area contributed by atoms with Gasteiger partial charge in [0.15, 0.2) is 5.16 Å². The van der Waals surface area contributed by atoms with Gasteiger partial charge in [0.1, 0.15) is 0 Å². The highest BCUT2D eigenvalue weighted by Gasteiger charge is 2.05. The first-order valence-electron chi connectivity index (χ1n) is 4.04. The molecule has 1 atom stereocenters. The molecule has 1 aromatic heterocycles. The third-order valence-corrected chi connectivity index (χ3v) is 2.73. The molecule has 7 heteroatoms. The van der Waals surface area contributed by atoms with E-state index >= 15 is 0 Å². The number of thioether (sulfide) groups is 1. The smallest absolute Gasteiger partial charge is 0.316 e. The SMILES string of the molecule is Cn1c(SCCC(N)C#N)n[nH]c1=O. The van der Waals surface area contributed by atoms with Crippen LogP contribution in [0.4, 0.5) is 0 Å². The van der Waals surface area contributed by atoms with E-state index in [0.29, 0.717) is 17.3 Å². The second-order valence-corrected chi connectivity index (χ2v) is 3.81. The molecular formula is C7H11N5OS. The average Bonchev–Trinajstić information content (AvgIpc) is 2.49. The number of aromatic nitrogens is 3. The van der Waals surface area contributed by atoms with E-state index in [9.17, 15) is 4.79 Å². The summed E-state index contributed by atoms with van der Waals surface area (Å²) < 4.78 is 1.42. The molecule has 14 heavy (non-hydrogen) atoms. The minimum absolute atomic E-state index is 0.239. The molecule has 0 bridgehead atoms. The van der Waals surface area contributed by atoms with Crippen molar-refractivity contribution in [2.75, 3.05) is 5.75 Å². The zero-order valence-electron chi connectivity index (χ0n) is 7.73. The van der Waals surface area contributed by atoms with Gasteiger partial charge in [-0.2, -0.15) is 5.26 Å². The Balaban J connectivity index is 2.44. The van der Waals surface area contributed by atoms with Gasteiger partial charge in [-0.25, -0.2) is 9.89 Å². The van der Waals surface area contributed by atoms with Crippen LogP contribution in [0.25, 0.3) is 0 Å². The molecule has 1 aromatic rings. The van der Waals surface area contributed by atoms with Crippen molar-refractivity contribution in [2.24, 2.45) is 12.8 Å². The number of aromatic amines is 1. The Morgan fingerprint density at radius 2 is 2.57 bits per heavy atom. The zero-order valence-corrected chi connectivity index (χ0v) is 8.54. The number of nitrogens with two attached hydrogens (primary N) is 1. The maximum Gasteiger partial charge on any atom is 0.343 e. The maximum atomic E-state index is 10.9. The molecule has 0 spiro atoms. The predicted molar refractivity (Wildman–Crippen MR) is 52.8 cm³/mol. The quantitative estimate of drug-likeness (QED) is 0.653. The molecular weight excluding hydrogens is 202 g/mol. The first-order chi connectivity index (χ1) is 6.65. The number of hydrogen-bond acceptors (Lipinski definition) is 5. The summed E-state index contributed by atoms with van der Waals surface area (Å²) >= 11 is 1.40. The van der Waals surface area contributed by atoms with Gasteiger partial charge in [0, 0.05) is 12.8 Å². The van der Waals surface area contributed by atoms with Gasteiger partial charge in [-0.15, -0.1) is 5.10 Å². The Labute approximate surface area is 85.1 Å². The maximum absolute atomic E-state index is 10.9. The number of nitrogens with zero attached hydrogens (tertiary/aromatic N) is 3. The van der Waals surface area contributed by atoms with E-state index in [4.69, 9.17) is 11.0 Å². The summed E-state index contributed by atoms with van der Waals surface area (Å²) in [7, 11) is 1.64. The topological polar surface area (TPSA) is 100 Å². The lowest BCUT2D eigenvalue weighted by molar-refractivity contribution is 0.759. The van der Waals surface area contributed by atoms with Crippen molar-refractivity contribution >= 4 is 11.8 Å². The van der Waals surface area contributed by atoms with E-state index in [1.165, 1.54) is 16.3 Å². The summed E-state index contributed by atoms with van der Waals surface area (Å²) in [5, 5.41) is 15.2. The second-order valence-electron chi connectivity index (χ2n) is 2.74. The molecule has 76 valence electrons. The molecule has 0 aliphatic rings. The summed E-state index contributed by atoms with van der Waals surface area (Å²) in [6.45, 7) is 0. The van der Waals surface area contributed by atoms with Gasteiger partial charge in [-0.1, -0.05) is 11.8 Å². The van der Waals surface area contributed by atoms with Gasteiger partial charge in [-0.05, 0) is 6.42 Å². The number of rotatable bonds is 4. The molecule has 0 saturated heterocycles. The van der Waals surface area contributed by atoms with Crippen LogP contribution in [0, 0.1) is 11.3 Å². The highest BCUT2D eigenvalue weighted by atomic mass is 32.2. The molecule has 6 nitrogen and oxygen atoms in total. The summed E-state index contributed by atoms with van der Waals surface area (Å²) in [6, 6.07) is 1.49. The summed E-state index contributed by atoms with van der Waals surface area (Å²) in [5.41, 5.74) is 5.17. The van der Waals surface area contributed by atoms with E-state index in [-0.39, 0.29) is 5.69 Å². The molecule has 3 N–H and O–H groups in total. The predicted octanol–water partition coefficient (Wildman–Crippen LogP) is -0.559. The van der Waals surface area contributed by atoms with Crippen LogP contribution in [0.15, 0.2) is 9.95 Å². The average molecular weight is 213 g/mol. The fourth-order valence-electron chi connectivity index (χ4n) is 0.803. The lowest BCUT2D eigenvalue weighted by Gasteiger charge is -2.01. The van der Waals surface area contributed by atoms with Crippen LogP contribution < -0.4 is 11.4 Å². The van der Waals surface area contributed by atoms with Crippen LogP contribution >= 0.6 is 11.8 Å². The fourth-order valence-corrected chi connectivity index (χ4v) is 1.74. The number of nitrogens with one attached hydrogen (secondary N) is 1. The van der Waals surface area contributed by atoms with Crippen molar-refractivity contribution in [3.63, 3.8) is 0 Å². The minimum Gasteiger partial charge on any atom is -0.316 e. The van der Waals surface area contributed by atoms with Gasteiger partial charge < -0.3 is 5.73 Å². The van der Waals surface area contributed by atoms with E-state index < -0.39 is 6.04 Å². The Morgan fingerprint density at radius 3 is 3.07 bits per heavy atom. The Hall–Kier alpha value is -1.26. The van der Waals surface area contributed by atoms with E-state index in [1.807, 2.05) is 6.07 Å². The molecule has 0 aromatic carbocycles. The number of hydrogen-bond donors (Lipinski definition) is 2. The first-order valence-corrected chi connectivity index (χ1v) is 5.03. The van der Waals surface area contributed by atoms with E-state index in [0.717, 1.165) is 0 Å². The van der Waals surface area contributed by atoms with Crippen LogP contribution in [-0.4, -0.2) is 26.6 Å². The Bertz CT molecular complexity index is 390. The van der Waals surface area contributed by atoms with Crippen LogP contribution in [-0.2, 0) is 7.05 Å². The minimum atomic E-state index is -0.446. The number of H-pyrrole nitrogens is 1. The summed E-state index contributed by atoms with van der Waals surface area (Å²) in [6.07, 6.45) is 0.586. The van der Waals surface area contributed by atoms with Gasteiger partial charge in [0.05, 0.1) is 12.1 Å². The lowest BCUT2D eigenvalue weighted by atomic mass is 10.3. The van der Waals surface area contributed by atoms with Crippen molar-refractivity contribution < 1.29 is 0 Å². The monoisotopic (exact) mass is 213 g/mol. The highest BCUT2D eigenvalue weighted by molar-refractivity contribution is 7.99. The van der Waals surface area contributed by atoms with Crippen molar-refractivity contribution in [1.29, 1.82) is 5.26 Å². The molecule has 0 amide bonds. The van der Waals surface area contributed by atoms with Crippen molar-refractivity contribution in [1.82, 2.24) is 14.8 Å². The highest BCUT2D eigenvalue weighted by Crippen LogP contribution is 2.13. The third kappa shape index (κ3) is 2.61. The first kappa shape index (κ1) is 10.8. The van der Waals surface area contributed by atoms with Crippen molar-refractivity contribution in [2.45, 2.75) is 17.6 Å².